The Balaban J connectivity index is 4.01. The number of esters is 2. The largest absolute Gasteiger partial charge is 0.472 e. The van der Waals surface area contributed by atoms with Crippen LogP contribution in [0, 0.1) is 0 Å². The van der Waals surface area contributed by atoms with Gasteiger partial charge in [-0.1, -0.05) is 219 Å². The number of rotatable bonds is 48. The van der Waals surface area contributed by atoms with Crippen molar-refractivity contribution in [2.75, 3.05) is 26.4 Å². The van der Waals surface area contributed by atoms with Gasteiger partial charge in [-0.15, -0.1) is 0 Å². The second-order valence-corrected chi connectivity index (χ2v) is 18.5. The maximum Gasteiger partial charge on any atom is 0.472 e. The number of hydrogen-bond acceptors (Lipinski definition) is 8. The van der Waals surface area contributed by atoms with Crippen LogP contribution in [0.2, 0.25) is 0 Å². The Morgan fingerprint density at radius 1 is 0.492 bits per heavy atom. The molecule has 2 atom stereocenters. The molecule has 0 aromatic heterocycles. The first kappa shape index (κ1) is 57.8. The molecule has 9 nitrogen and oxygen atoms in total. The monoisotopic (exact) mass is 858 g/mol. The molecule has 0 rings (SSSR count). The molecule has 0 aliphatic heterocycles. The Kier molecular flexibility index (Phi) is 45.3. The minimum absolute atomic E-state index is 0.0557. The van der Waals surface area contributed by atoms with E-state index in [1.165, 1.54) is 180 Å². The van der Waals surface area contributed by atoms with E-state index in [1.54, 1.807) is 0 Å². The lowest BCUT2D eigenvalue weighted by molar-refractivity contribution is -0.161. The molecule has 0 aliphatic carbocycles. The maximum absolute atomic E-state index is 12.6. The molecule has 0 heterocycles. The predicted molar refractivity (Wildman–Crippen MR) is 248 cm³/mol. The van der Waals surface area contributed by atoms with E-state index in [0.29, 0.717) is 6.42 Å². The summed E-state index contributed by atoms with van der Waals surface area (Å²) in [5.41, 5.74) is 5.36. The molecule has 0 fully saturated rings. The minimum atomic E-state index is -4.38. The Morgan fingerprint density at radius 2 is 0.831 bits per heavy atom. The molecule has 0 bridgehead atoms. The van der Waals surface area contributed by atoms with Crippen molar-refractivity contribution in [1.29, 1.82) is 0 Å². The van der Waals surface area contributed by atoms with Gasteiger partial charge in [-0.25, -0.2) is 4.57 Å². The van der Waals surface area contributed by atoms with Gasteiger partial charge in [0.1, 0.15) is 6.61 Å². The molecule has 0 spiro atoms. The van der Waals surface area contributed by atoms with Crippen molar-refractivity contribution in [2.45, 2.75) is 264 Å². The van der Waals surface area contributed by atoms with Crippen LogP contribution in [0.25, 0.3) is 0 Å². The summed E-state index contributed by atoms with van der Waals surface area (Å²) in [6.45, 7) is 3.78. The zero-order valence-corrected chi connectivity index (χ0v) is 39.7. The van der Waals surface area contributed by atoms with Crippen molar-refractivity contribution in [3.8, 4) is 0 Å². The third-order valence-electron chi connectivity index (χ3n) is 11.2. The number of ether oxygens (including phenoxy) is 2. The van der Waals surface area contributed by atoms with Crippen LogP contribution in [-0.2, 0) is 32.7 Å². The van der Waals surface area contributed by atoms with Gasteiger partial charge < -0.3 is 20.1 Å². The minimum Gasteiger partial charge on any atom is -0.462 e. The van der Waals surface area contributed by atoms with Gasteiger partial charge in [-0.2, -0.15) is 0 Å². The predicted octanol–water partition coefficient (Wildman–Crippen LogP) is 15.0. The van der Waals surface area contributed by atoms with Crippen LogP contribution in [0.15, 0.2) is 12.2 Å². The number of allylic oxidation sites excluding steroid dienone is 2. The SMILES string of the molecule is CCCCCCCCC=CCCCCCCCCCC(=O)OC(COC(=O)CCCCCCCCCCCCCCCCCCCCCCC)COP(=O)(O)OCCN. The van der Waals surface area contributed by atoms with Crippen LogP contribution in [0.1, 0.15) is 258 Å². The molecule has 10 heteroatoms. The van der Waals surface area contributed by atoms with Crippen molar-refractivity contribution >= 4 is 19.8 Å². The number of unbranched alkanes of at least 4 members (excludes halogenated alkanes) is 33. The lowest BCUT2D eigenvalue weighted by Gasteiger charge is -2.19. The molecule has 0 saturated carbocycles. The Labute approximate surface area is 364 Å². The van der Waals surface area contributed by atoms with Gasteiger partial charge in [0.25, 0.3) is 0 Å². The van der Waals surface area contributed by atoms with Gasteiger partial charge in [0.2, 0.25) is 0 Å². The molecule has 0 saturated heterocycles. The van der Waals surface area contributed by atoms with Crippen molar-refractivity contribution in [3.05, 3.63) is 12.2 Å². The van der Waals surface area contributed by atoms with Gasteiger partial charge >= 0.3 is 19.8 Å². The highest BCUT2D eigenvalue weighted by Gasteiger charge is 2.26. The number of nitrogens with two attached hydrogens (primary N) is 1. The number of phosphoric ester groups is 1. The number of carbonyl (C=O) groups excluding carboxylic acids is 2. The molecule has 2 unspecified atom stereocenters. The van der Waals surface area contributed by atoms with E-state index in [-0.39, 0.29) is 38.6 Å². The molecule has 0 amide bonds. The van der Waals surface area contributed by atoms with Gasteiger partial charge in [0, 0.05) is 19.4 Å². The third-order valence-corrected chi connectivity index (χ3v) is 12.1. The van der Waals surface area contributed by atoms with Crippen LogP contribution < -0.4 is 5.73 Å². The quantitative estimate of drug-likeness (QED) is 0.0265. The van der Waals surface area contributed by atoms with Crippen molar-refractivity contribution in [3.63, 3.8) is 0 Å². The van der Waals surface area contributed by atoms with Crippen LogP contribution >= 0.6 is 7.82 Å². The second kappa shape index (κ2) is 46.3. The van der Waals surface area contributed by atoms with Crippen molar-refractivity contribution in [1.82, 2.24) is 0 Å². The normalized spacial score (nSPS) is 13.2. The molecule has 0 aromatic rings. The van der Waals surface area contributed by atoms with Gasteiger partial charge in [0.05, 0.1) is 13.2 Å². The van der Waals surface area contributed by atoms with E-state index < -0.39 is 26.5 Å². The zero-order chi connectivity index (χ0) is 43.2. The average Bonchev–Trinajstić information content (AvgIpc) is 3.22. The average molecular weight is 858 g/mol. The smallest absolute Gasteiger partial charge is 0.462 e. The van der Waals surface area contributed by atoms with E-state index in [2.05, 4.69) is 26.0 Å². The second-order valence-electron chi connectivity index (χ2n) is 17.0. The Bertz CT molecular complexity index is 980. The number of hydrogen-bond donors (Lipinski definition) is 2. The zero-order valence-electron chi connectivity index (χ0n) is 38.8. The summed E-state index contributed by atoms with van der Waals surface area (Å²) in [6.07, 6.45) is 49.6. The summed E-state index contributed by atoms with van der Waals surface area (Å²) in [4.78, 5) is 35.0. The van der Waals surface area contributed by atoms with E-state index in [0.717, 1.165) is 44.9 Å². The van der Waals surface area contributed by atoms with Crippen LogP contribution in [0.5, 0.6) is 0 Å². The molecule has 350 valence electrons. The van der Waals surface area contributed by atoms with E-state index in [1.807, 2.05) is 0 Å². The summed E-state index contributed by atoms with van der Waals surface area (Å²) >= 11 is 0. The van der Waals surface area contributed by atoms with E-state index >= 15 is 0 Å². The fourth-order valence-corrected chi connectivity index (χ4v) is 8.16. The standard InChI is InChI=1S/C49H96NO8P/c1-3-5-7-9-11-13-15-17-19-21-22-23-24-26-27-29-31-33-35-37-39-41-48(51)55-45-47(46-57-59(53,54)56-44-43-50)58-49(52)42-40-38-36-34-32-30-28-25-20-18-16-14-12-10-8-6-4-2/h18,20,47H,3-17,19,21-46,50H2,1-2H3,(H,53,54). The molecule has 59 heavy (non-hydrogen) atoms. The summed E-state index contributed by atoms with van der Waals surface area (Å²) in [6, 6.07) is 0. The molecule has 3 N–H and O–H groups in total. The van der Waals surface area contributed by atoms with Crippen LogP contribution in [-0.4, -0.2) is 49.3 Å². The molecule has 0 radical (unpaired) electrons. The summed E-state index contributed by atoms with van der Waals surface area (Å²) in [7, 11) is -4.38. The molecular weight excluding hydrogens is 762 g/mol. The van der Waals surface area contributed by atoms with Gasteiger partial charge in [-0.05, 0) is 38.5 Å². The van der Waals surface area contributed by atoms with Crippen molar-refractivity contribution in [2.24, 2.45) is 5.73 Å². The summed E-state index contributed by atoms with van der Waals surface area (Å²) < 4.78 is 32.9. The van der Waals surface area contributed by atoms with Gasteiger partial charge in [0.15, 0.2) is 6.10 Å². The first-order valence-corrected chi connectivity index (χ1v) is 26.7. The third kappa shape index (κ3) is 46.1. The van der Waals surface area contributed by atoms with Crippen LogP contribution in [0.3, 0.4) is 0 Å². The highest BCUT2D eigenvalue weighted by molar-refractivity contribution is 7.47. The fourth-order valence-electron chi connectivity index (χ4n) is 7.40. The van der Waals surface area contributed by atoms with Crippen LogP contribution in [0.4, 0.5) is 0 Å². The molecule has 0 aromatic carbocycles. The summed E-state index contributed by atoms with van der Waals surface area (Å²) in [5.74, 6) is -0.818. The number of carbonyl (C=O) groups is 2. The molecular formula is C49H96NO8P. The van der Waals surface area contributed by atoms with Crippen molar-refractivity contribution < 1.29 is 37.6 Å². The first-order chi connectivity index (χ1) is 28.8. The van der Waals surface area contributed by atoms with E-state index in [9.17, 15) is 19.0 Å². The Morgan fingerprint density at radius 3 is 1.20 bits per heavy atom. The lowest BCUT2D eigenvalue weighted by Crippen LogP contribution is -2.29. The van der Waals surface area contributed by atoms with Gasteiger partial charge in [-0.3, -0.25) is 18.6 Å². The van der Waals surface area contributed by atoms with E-state index in [4.69, 9.17) is 24.3 Å². The fraction of sp³-hybridized carbons (Fsp3) is 0.918. The summed E-state index contributed by atoms with van der Waals surface area (Å²) in [5, 5.41) is 0. The first-order valence-electron chi connectivity index (χ1n) is 25.2. The highest BCUT2D eigenvalue weighted by Crippen LogP contribution is 2.43. The highest BCUT2D eigenvalue weighted by atomic mass is 31.2. The molecule has 0 aliphatic rings. The maximum atomic E-state index is 12.6. The Hall–Kier alpha value is -1.25. The lowest BCUT2D eigenvalue weighted by atomic mass is 10.0. The number of phosphoric acid groups is 1. The topological polar surface area (TPSA) is 134 Å².